The molecule has 0 spiro atoms. The van der Waals surface area contributed by atoms with E-state index in [1.807, 2.05) is 24.3 Å². The summed E-state index contributed by atoms with van der Waals surface area (Å²) in [6.45, 7) is 8.61. The van der Waals surface area contributed by atoms with Crippen molar-refractivity contribution in [2.45, 2.75) is 19.9 Å². The third-order valence-electron chi connectivity index (χ3n) is 4.30. The van der Waals surface area contributed by atoms with Crippen molar-refractivity contribution in [3.8, 4) is 11.3 Å². The lowest BCUT2D eigenvalue weighted by molar-refractivity contribution is 0.209. The molecule has 2 aromatic rings. The standard InChI is InChI=1S/C17H22FN5/c1-12(2)22-7-9-23(10-8-22)14-5-3-13(4-6-14)16-17(18)21-15(19)11-20-16/h3-6,11-12H,7-10H2,1-2H3,(H2,19,21). The molecule has 5 nitrogen and oxygen atoms in total. The molecular weight excluding hydrogens is 293 g/mol. The summed E-state index contributed by atoms with van der Waals surface area (Å²) in [5.74, 6) is -0.547. The molecule has 0 aliphatic carbocycles. The second-order valence-corrected chi connectivity index (χ2v) is 6.10. The van der Waals surface area contributed by atoms with E-state index in [4.69, 9.17) is 5.73 Å². The minimum absolute atomic E-state index is 0.0888. The maximum atomic E-state index is 13.8. The number of nitrogen functional groups attached to an aromatic ring is 1. The molecule has 0 radical (unpaired) electrons. The van der Waals surface area contributed by atoms with Crippen LogP contribution in [-0.2, 0) is 0 Å². The van der Waals surface area contributed by atoms with Crippen LogP contribution in [0.15, 0.2) is 30.5 Å². The number of rotatable bonds is 3. The molecule has 122 valence electrons. The third-order valence-corrected chi connectivity index (χ3v) is 4.30. The average Bonchev–Trinajstić information content (AvgIpc) is 2.55. The van der Waals surface area contributed by atoms with Crippen molar-refractivity contribution in [1.82, 2.24) is 14.9 Å². The zero-order valence-corrected chi connectivity index (χ0v) is 13.5. The first-order chi connectivity index (χ1) is 11.0. The monoisotopic (exact) mass is 315 g/mol. The molecule has 0 atom stereocenters. The Morgan fingerprint density at radius 2 is 1.74 bits per heavy atom. The SMILES string of the molecule is CC(C)N1CCN(c2ccc(-c3ncc(N)nc3F)cc2)CC1. The minimum atomic E-state index is -0.636. The highest BCUT2D eigenvalue weighted by Crippen LogP contribution is 2.24. The van der Waals surface area contributed by atoms with Crippen molar-refractivity contribution in [3.63, 3.8) is 0 Å². The number of anilines is 2. The van der Waals surface area contributed by atoms with Crippen LogP contribution in [-0.4, -0.2) is 47.1 Å². The van der Waals surface area contributed by atoms with E-state index in [-0.39, 0.29) is 11.5 Å². The lowest BCUT2D eigenvalue weighted by Crippen LogP contribution is -2.48. The normalized spacial score (nSPS) is 16.1. The van der Waals surface area contributed by atoms with Crippen LogP contribution in [0.2, 0.25) is 0 Å². The van der Waals surface area contributed by atoms with Gasteiger partial charge in [0.15, 0.2) is 0 Å². The van der Waals surface area contributed by atoms with Crippen LogP contribution in [0.4, 0.5) is 15.9 Å². The summed E-state index contributed by atoms with van der Waals surface area (Å²) in [6, 6.07) is 8.38. The zero-order chi connectivity index (χ0) is 16.4. The van der Waals surface area contributed by atoms with Gasteiger partial charge in [0.1, 0.15) is 11.5 Å². The number of nitrogens with zero attached hydrogens (tertiary/aromatic N) is 4. The van der Waals surface area contributed by atoms with Crippen LogP contribution >= 0.6 is 0 Å². The molecule has 0 bridgehead atoms. The van der Waals surface area contributed by atoms with Gasteiger partial charge < -0.3 is 10.6 Å². The lowest BCUT2D eigenvalue weighted by Gasteiger charge is -2.38. The Morgan fingerprint density at radius 1 is 1.09 bits per heavy atom. The smallest absolute Gasteiger partial charge is 0.241 e. The number of aromatic nitrogens is 2. The highest BCUT2D eigenvalue weighted by Gasteiger charge is 2.19. The molecule has 1 aromatic heterocycles. The molecule has 6 heteroatoms. The molecular formula is C17H22FN5. The van der Waals surface area contributed by atoms with E-state index in [2.05, 4.69) is 33.6 Å². The summed E-state index contributed by atoms with van der Waals surface area (Å²) in [6.07, 6.45) is 1.37. The van der Waals surface area contributed by atoms with Gasteiger partial charge in [-0.25, -0.2) is 4.98 Å². The van der Waals surface area contributed by atoms with Gasteiger partial charge in [0.2, 0.25) is 5.95 Å². The Balaban J connectivity index is 1.73. The molecule has 0 amide bonds. The summed E-state index contributed by atoms with van der Waals surface area (Å²) < 4.78 is 13.8. The van der Waals surface area contributed by atoms with Crippen LogP contribution in [0.5, 0.6) is 0 Å². The van der Waals surface area contributed by atoms with E-state index < -0.39 is 5.95 Å². The van der Waals surface area contributed by atoms with Crippen LogP contribution in [0, 0.1) is 5.95 Å². The van der Waals surface area contributed by atoms with Crippen molar-refractivity contribution >= 4 is 11.5 Å². The molecule has 23 heavy (non-hydrogen) atoms. The summed E-state index contributed by atoms with van der Waals surface area (Å²) in [5.41, 5.74) is 7.53. The van der Waals surface area contributed by atoms with Gasteiger partial charge in [0.25, 0.3) is 0 Å². The summed E-state index contributed by atoms with van der Waals surface area (Å²) in [5, 5.41) is 0. The predicted octanol–water partition coefficient (Wildman–Crippen LogP) is 2.40. The Bertz CT molecular complexity index is 663. The minimum Gasteiger partial charge on any atom is -0.382 e. The Labute approximate surface area is 136 Å². The van der Waals surface area contributed by atoms with Crippen LogP contribution < -0.4 is 10.6 Å². The number of hydrogen-bond donors (Lipinski definition) is 1. The molecule has 0 unspecified atom stereocenters. The predicted molar refractivity (Wildman–Crippen MR) is 90.8 cm³/mol. The van der Waals surface area contributed by atoms with E-state index in [1.54, 1.807) is 0 Å². The van der Waals surface area contributed by atoms with Gasteiger partial charge >= 0.3 is 0 Å². The molecule has 2 N–H and O–H groups in total. The topological polar surface area (TPSA) is 58.3 Å². The van der Waals surface area contributed by atoms with Gasteiger partial charge in [0, 0.05) is 43.5 Å². The van der Waals surface area contributed by atoms with Gasteiger partial charge in [-0.05, 0) is 26.0 Å². The van der Waals surface area contributed by atoms with E-state index in [9.17, 15) is 4.39 Å². The Morgan fingerprint density at radius 3 is 2.30 bits per heavy atom. The highest BCUT2D eigenvalue weighted by molar-refractivity contribution is 5.63. The number of nitrogens with two attached hydrogens (primary N) is 1. The maximum Gasteiger partial charge on any atom is 0.241 e. The molecule has 1 aliphatic rings. The van der Waals surface area contributed by atoms with Gasteiger partial charge in [-0.15, -0.1) is 0 Å². The number of benzene rings is 1. The summed E-state index contributed by atoms with van der Waals surface area (Å²) in [4.78, 5) is 12.5. The second-order valence-electron chi connectivity index (χ2n) is 6.10. The van der Waals surface area contributed by atoms with Gasteiger partial charge in [-0.3, -0.25) is 4.90 Å². The highest BCUT2D eigenvalue weighted by atomic mass is 19.1. The zero-order valence-electron chi connectivity index (χ0n) is 13.5. The largest absolute Gasteiger partial charge is 0.382 e. The molecule has 2 heterocycles. The molecule has 1 aromatic carbocycles. The quantitative estimate of drug-likeness (QED) is 0.942. The molecule has 3 rings (SSSR count). The van der Waals surface area contributed by atoms with Crippen LogP contribution in [0.3, 0.4) is 0 Å². The summed E-state index contributed by atoms with van der Waals surface area (Å²) >= 11 is 0. The number of halogens is 1. The van der Waals surface area contributed by atoms with E-state index >= 15 is 0 Å². The summed E-state index contributed by atoms with van der Waals surface area (Å²) in [7, 11) is 0. The maximum absolute atomic E-state index is 13.8. The second kappa shape index (κ2) is 6.50. The van der Waals surface area contributed by atoms with Crippen molar-refractivity contribution < 1.29 is 4.39 Å². The average molecular weight is 315 g/mol. The molecule has 0 saturated carbocycles. The first-order valence-electron chi connectivity index (χ1n) is 7.92. The molecule has 1 aliphatic heterocycles. The first-order valence-corrected chi connectivity index (χ1v) is 7.92. The van der Waals surface area contributed by atoms with Crippen molar-refractivity contribution in [2.75, 3.05) is 36.8 Å². The fourth-order valence-corrected chi connectivity index (χ4v) is 2.90. The van der Waals surface area contributed by atoms with Gasteiger partial charge in [-0.2, -0.15) is 9.37 Å². The van der Waals surface area contributed by atoms with Gasteiger partial charge in [0.05, 0.1) is 6.20 Å². The number of piperazine rings is 1. The molecule has 1 saturated heterocycles. The van der Waals surface area contributed by atoms with Crippen molar-refractivity contribution in [2.24, 2.45) is 0 Å². The van der Waals surface area contributed by atoms with E-state index in [0.29, 0.717) is 11.6 Å². The van der Waals surface area contributed by atoms with Gasteiger partial charge in [-0.1, -0.05) is 12.1 Å². The van der Waals surface area contributed by atoms with Crippen LogP contribution in [0.1, 0.15) is 13.8 Å². The van der Waals surface area contributed by atoms with Crippen LogP contribution in [0.25, 0.3) is 11.3 Å². The van der Waals surface area contributed by atoms with Crippen molar-refractivity contribution in [1.29, 1.82) is 0 Å². The fraction of sp³-hybridized carbons (Fsp3) is 0.412. The van der Waals surface area contributed by atoms with Crippen molar-refractivity contribution in [3.05, 3.63) is 36.4 Å². The Hall–Kier alpha value is -2.21. The van der Waals surface area contributed by atoms with E-state index in [0.717, 1.165) is 31.9 Å². The molecule has 1 fully saturated rings. The lowest BCUT2D eigenvalue weighted by atomic mass is 10.1. The number of hydrogen-bond acceptors (Lipinski definition) is 5. The third kappa shape index (κ3) is 3.42. The fourth-order valence-electron chi connectivity index (χ4n) is 2.90. The first kappa shape index (κ1) is 15.7. The Kier molecular flexibility index (Phi) is 4.43. The van der Waals surface area contributed by atoms with E-state index in [1.165, 1.54) is 6.20 Å².